The molecule has 1 amide bonds. The summed E-state index contributed by atoms with van der Waals surface area (Å²) in [4.78, 5) is 19.4. The van der Waals surface area contributed by atoms with Gasteiger partial charge in [-0.05, 0) is 87.5 Å². The molecule has 0 bridgehead atoms. The molecule has 0 aliphatic carbocycles. The smallest absolute Gasteiger partial charge is 0.247 e. The van der Waals surface area contributed by atoms with Crippen LogP contribution in [0.5, 0.6) is 11.5 Å². The summed E-state index contributed by atoms with van der Waals surface area (Å²) >= 11 is 0. The Labute approximate surface area is 209 Å². The summed E-state index contributed by atoms with van der Waals surface area (Å²) in [7, 11) is 0. The van der Waals surface area contributed by atoms with Gasteiger partial charge in [-0.1, -0.05) is 6.07 Å². The van der Waals surface area contributed by atoms with Crippen molar-refractivity contribution < 1.29 is 14.3 Å². The number of nitrogens with one attached hydrogen (secondary N) is 2. The predicted molar refractivity (Wildman–Crippen MR) is 138 cm³/mol. The molecule has 4 aromatic rings. The third-order valence-corrected chi connectivity index (χ3v) is 6.67. The van der Waals surface area contributed by atoms with Crippen molar-refractivity contribution in [2.24, 2.45) is 0 Å². The van der Waals surface area contributed by atoms with Gasteiger partial charge in [-0.2, -0.15) is 4.98 Å². The van der Waals surface area contributed by atoms with Crippen molar-refractivity contribution in [1.29, 1.82) is 0 Å². The Bertz CT molecular complexity index is 1390. The van der Waals surface area contributed by atoms with Gasteiger partial charge >= 0.3 is 0 Å². The van der Waals surface area contributed by atoms with Gasteiger partial charge in [0.1, 0.15) is 13.2 Å². The predicted octanol–water partition coefficient (Wildman–Crippen LogP) is 4.33. The largest absolute Gasteiger partial charge is 0.486 e. The van der Waals surface area contributed by atoms with Crippen LogP contribution in [0.2, 0.25) is 0 Å². The molecule has 9 heteroatoms. The van der Waals surface area contributed by atoms with E-state index in [1.165, 1.54) is 0 Å². The Morgan fingerprint density at radius 1 is 0.944 bits per heavy atom. The standard InChI is InChI=1S/C27H28N6O3/c1-18(32-13-2-3-14-32)26(34)28-20-8-10-21(11-9-20)29-27-30-25-6-4-5-22(33(25)31-27)19-7-12-23-24(17-19)36-16-15-35-23/h4-12,17-18H,2-3,13-16H2,1H3,(H,28,34)(H,29,31). The normalized spacial score (nSPS) is 16.1. The number of rotatable bonds is 6. The fraction of sp³-hybridized carbons (Fsp3) is 0.296. The van der Waals surface area contributed by atoms with Crippen molar-refractivity contribution in [2.75, 3.05) is 36.9 Å². The minimum Gasteiger partial charge on any atom is -0.486 e. The first-order chi connectivity index (χ1) is 17.6. The van der Waals surface area contributed by atoms with Crippen molar-refractivity contribution in [1.82, 2.24) is 19.5 Å². The summed E-state index contributed by atoms with van der Waals surface area (Å²) in [6.07, 6.45) is 2.32. The van der Waals surface area contributed by atoms with Gasteiger partial charge in [0.25, 0.3) is 0 Å². The van der Waals surface area contributed by atoms with E-state index in [1.807, 2.05) is 72.1 Å². The highest BCUT2D eigenvalue weighted by molar-refractivity contribution is 5.94. The molecule has 0 radical (unpaired) electrons. The highest BCUT2D eigenvalue weighted by atomic mass is 16.6. The topological polar surface area (TPSA) is 93.0 Å². The van der Waals surface area contributed by atoms with E-state index in [0.717, 1.165) is 65.7 Å². The van der Waals surface area contributed by atoms with Crippen LogP contribution < -0.4 is 20.1 Å². The van der Waals surface area contributed by atoms with E-state index in [2.05, 4.69) is 25.6 Å². The number of pyridine rings is 1. The summed E-state index contributed by atoms with van der Waals surface area (Å²) in [6, 6.07) is 19.2. The molecular formula is C27H28N6O3. The van der Waals surface area contributed by atoms with Crippen LogP contribution in [0, 0.1) is 0 Å². The maximum Gasteiger partial charge on any atom is 0.247 e. The monoisotopic (exact) mass is 484 g/mol. The van der Waals surface area contributed by atoms with Crippen LogP contribution in [-0.4, -0.2) is 57.8 Å². The number of carbonyl (C=O) groups excluding carboxylic acids is 1. The molecular weight excluding hydrogens is 456 g/mol. The molecule has 1 fully saturated rings. The molecule has 4 heterocycles. The Kier molecular flexibility index (Phi) is 5.90. The second kappa shape index (κ2) is 9.50. The highest BCUT2D eigenvalue weighted by Gasteiger charge is 2.24. The number of likely N-dealkylation sites (tertiary alicyclic amines) is 1. The second-order valence-corrected chi connectivity index (χ2v) is 9.09. The zero-order valence-corrected chi connectivity index (χ0v) is 20.1. The molecule has 1 unspecified atom stereocenters. The summed E-state index contributed by atoms with van der Waals surface area (Å²) in [5.74, 6) is 1.99. The maximum absolute atomic E-state index is 12.6. The first-order valence-corrected chi connectivity index (χ1v) is 12.3. The number of hydrogen-bond acceptors (Lipinski definition) is 7. The number of hydrogen-bond donors (Lipinski definition) is 2. The molecule has 2 aromatic heterocycles. The fourth-order valence-electron chi connectivity index (χ4n) is 4.69. The number of anilines is 3. The molecule has 0 saturated carbocycles. The lowest BCUT2D eigenvalue weighted by molar-refractivity contribution is -0.120. The molecule has 0 spiro atoms. The highest BCUT2D eigenvalue weighted by Crippen LogP contribution is 2.34. The number of ether oxygens (including phenoxy) is 2. The first-order valence-electron chi connectivity index (χ1n) is 12.3. The molecule has 1 atom stereocenters. The number of nitrogens with zero attached hydrogens (tertiary/aromatic N) is 4. The van der Waals surface area contributed by atoms with Crippen LogP contribution >= 0.6 is 0 Å². The van der Waals surface area contributed by atoms with E-state index in [4.69, 9.17) is 9.47 Å². The van der Waals surface area contributed by atoms with Gasteiger partial charge in [-0.15, -0.1) is 5.10 Å². The van der Waals surface area contributed by atoms with E-state index in [1.54, 1.807) is 0 Å². The Hall–Kier alpha value is -4.11. The summed E-state index contributed by atoms with van der Waals surface area (Å²) < 4.78 is 13.2. The van der Waals surface area contributed by atoms with Gasteiger partial charge in [-0.25, -0.2) is 4.52 Å². The zero-order valence-electron chi connectivity index (χ0n) is 20.1. The van der Waals surface area contributed by atoms with E-state index in [9.17, 15) is 4.79 Å². The van der Waals surface area contributed by atoms with E-state index in [0.29, 0.717) is 19.2 Å². The van der Waals surface area contributed by atoms with Gasteiger partial charge in [0.05, 0.1) is 11.7 Å². The lowest BCUT2D eigenvalue weighted by Gasteiger charge is -2.22. The lowest BCUT2D eigenvalue weighted by atomic mass is 10.1. The van der Waals surface area contributed by atoms with Crippen molar-refractivity contribution in [2.45, 2.75) is 25.8 Å². The summed E-state index contributed by atoms with van der Waals surface area (Å²) in [5, 5.41) is 11.0. The van der Waals surface area contributed by atoms with E-state index >= 15 is 0 Å². The number of fused-ring (bicyclic) bond motifs is 2. The maximum atomic E-state index is 12.6. The Balaban J connectivity index is 1.17. The Morgan fingerprint density at radius 2 is 1.69 bits per heavy atom. The molecule has 184 valence electrons. The number of carbonyl (C=O) groups is 1. The van der Waals surface area contributed by atoms with Crippen molar-refractivity contribution in [3.63, 3.8) is 0 Å². The van der Waals surface area contributed by atoms with Crippen molar-refractivity contribution >= 4 is 28.9 Å². The fourth-order valence-corrected chi connectivity index (χ4v) is 4.69. The number of benzene rings is 2. The number of aromatic nitrogens is 3. The molecule has 1 saturated heterocycles. The van der Waals surface area contributed by atoms with Crippen molar-refractivity contribution in [3.05, 3.63) is 60.7 Å². The van der Waals surface area contributed by atoms with Crippen LogP contribution in [0.4, 0.5) is 17.3 Å². The minimum atomic E-state index is -0.129. The third-order valence-electron chi connectivity index (χ3n) is 6.67. The van der Waals surface area contributed by atoms with Crippen LogP contribution in [-0.2, 0) is 4.79 Å². The Morgan fingerprint density at radius 3 is 2.50 bits per heavy atom. The molecule has 2 aromatic carbocycles. The SMILES string of the molecule is CC(C(=O)Nc1ccc(Nc2nc3cccc(-c4ccc5c(c4)OCCO5)n3n2)cc1)N1CCCC1. The molecule has 2 N–H and O–H groups in total. The van der Waals surface area contributed by atoms with Crippen LogP contribution in [0.1, 0.15) is 19.8 Å². The van der Waals surface area contributed by atoms with Gasteiger partial charge in [0, 0.05) is 16.9 Å². The molecule has 2 aliphatic rings. The van der Waals surface area contributed by atoms with Crippen LogP contribution in [0.15, 0.2) is 60.7 Å². The van der Waals surface area contributed by atoms with Gasteiger partial charge < -0.3 is 20.1 Å². The van der Waals surface area contributed by atoms with E-state index < -0.39 is 0 Å². The average molecular weight is 485 g/mol. The summed E-state index contributed by atoms with van der Waals surface area (Å²) in [5.41, 5.74) is 4.18. The molecule has 9 nitrogen and oxygen atoms in total. The van der Waals surface area contributed by atoms with Crippen molar-refractivity contribution in [3.8, 4) is 22.8 Å². The quantitative estimate of drug-likeness (QED) is 0.421. The molecule has 36 heavy (non-hydrogen) atoms. The van der Waals surface area contributed by atoms with Crippen LogP contribution in [0.25, 0.3) is 16.9 Å². The van der Waals surface area contributed by atoms with Gasteiger partial charge in [-0.3, -0.25) is 9.69 Å². The second-order valence-electron chi connectivity index (χ2n) is 9.09. The molecule has 6 rings (SSSR count). The lowest BCUT2D eigenvalue weighted by Crippen LogP contribution is -2.40. The molecule has 2 aliphatic heterocycles. The van der Waals surface area contributed by atoms with E-state index in [-0.39, 0.29) is 11.9 Å². The van der Waals surface area contributed by atoms with Gasteiger partial charge in [0.2, 0.25) is 11.9 Å². The zero-order chi connectivity index (χ0) is 24.5. The third kappa shape index (κ3) is 4.45. The first kappa shape index (κ1) is 22.4. The minimum absolute atomic E-state index is 0.0197. The van der Waals surface area contributed by atoms with Crippen LogP contribution in [0.3, 0.4) is 0 Å². The average Bonchev–Trinajstić information content (AvgIpc) is 3.59. The number of amides is 1. The van der Waals surface area contributed by atoms with Gasteiger partial charge in [0.15, 0.2) is 17.1 Å². The summed E-state index contributed by atoms with van der Waals surface area (Å²) in [6.45, 7) is 5.04.